The number of furan rings is 1. The van der Waals surface area contributed by atoms with Crippen LogP contribution in [0.1, 0.15) is 36.2 Å². The molecular weight excluding hydrogens is 316 g/mol. The largest absolute Gasteiger partial charge is 0.440 e. The number of nitrogens with one attached hydrogen (secondary N) is 1. The number of likely N-dealkylation sites (tertiary alicyclic amines) is 1. The smallest absolute Gasteiger partial charge is 0.289 e. The summed E-state index contributed by atoms with van der Waals surface area (Å²) >= 11 is 5.70. The molecule has 1 fully saturated rings. The average molecular weight is 335 g/mol. The molecule has 0 bridgehead atoms. The first kappa shape index (κ1) is 16.3. The Kier molecular flexibility index (Phi) is 5.29. The number of carbonyl (C=O) groups is 1. The van der Waals surface area contributed by atoms with Crippen LogP contribution in [0.2, 0.25) is 5.22 Å². The minimum atomic E-state index is -3.20. The molecule has 1 atom stereocenters. The Morgan fingerprint density at radius 1 is 1.48 bits per heavy atom. The van der Waals surface area contributed by atoms with E-state index >= 15 is 0 Å². The molecule has 1 N–H and O–H groups in total. The second kappa shape index (κ2) is 6.81. The van der Waals surface area contributed by atoms with Crippen molar-refractivity contribution in [2.24, 2.45) is 0 Å². The molecule has 0 aliphatic carbocycles. The molecule has 0 spiro atoms. The second-order valence-electron chi connectivity index (χ2n) is 5.21. The zero-order valence-corrected chi connectivity index (χ0v) is 13.4. The molecular formula is C13H19ClN2O4S. The predicted molar refractivity (Wildman–Crippen MR) is 79.9 cm³/mol. The van der Waals surface area contributed by atoms with Crippen LogP contribution in [0.3, 0.4) is 0 Å². The van der Waals surface area contributed by atoms with Crippen molar-refractivity contribution in [2.75, 3.05) is 19.3 Å². The van der Waals surface area contributed by atoms with E-state index in [2.05, 4.69) is 4.72 Å². The molecule has 1 aliphatic heterocycles. The molecule has 118 valence electrons. The number of hydrogen-bond acceptors (Lipinski definition) is 4. The molecule has 1 aromatic rings. The Hall–Kier alpha value is -1.05. The maximum absolute atomic E-state index is 12.4. The third-order valence-corrected chi connectivity index (χ3v) is 4.45. The lowest BCUT2D eigenvalue weighted by atomic mass is 9.99. The topological polar surface area (TPSA) is 79.6 Å². The first-order chi connectivity index (χ1) is 9.87. The van der Waals surface area contributed by atoms with Gasteiger partial charge in [-0.15, -0.1) is 0 Å². The van der Waals surface area contributed by atoms with Crippen molar-refractivity contribution < 1.29 is 17.6 Å². The summed E-state index contributed by atoms with van der Waals surface area (Å²) < 4.78 is 29.8. The minimum absolute atomic E-state index is 0.0179. The van der Waals surface area contributed by atoms with Crippen LogP contribution in [-0.2, 0) is 10.0 Å². The third kappa shape index (κ3) is 4.72. The van der Waals surface area contributed by atoms with Gasteiger partial charge in [0.25, 0.3) is 5.91 Å². The Morgan fingerprint density at radius 2 is 2.24 bits per heavy atom. The lowest BCUT2D eigenvalue weighted by Crippen LogP contribution is -2.45. The number of hydrogen-bond donors (Lipinski definition) is 1. The van der Waals surface area contributed by atoms with Crippen molar-refractivity contribution >= 4 is 27.5 Å². The van der Waals surface area contributed by atoms with Gasteiger partial charge in [-0.3, -0.25) is 4.79 Å². The van der Waals surface area contributed by atoms with Crippen LogP contribution in [0.25, 0.3) is 0 Å². The van der Waals surface area contributed by atoms with Crippen LogP contribution < -0.4 is 4.72 Å². The molecule has 1 aromatic heterocycles. The van der Waals surface area contributed by atoms with E-state index in [0.29, 0.717) is 19.5 Å². The summed E-state index contributed by atoms with van der Waals surface area (Å²) in [6, 6.07) is 3.12. The van der Waals surface area contributed by atoms with E-state index in [1.807, 2.05) is 0 Å². The van der Waals surface area contributed by atoms with E-state index in [9.17, 15) is 13.2 Å². The van der Waals surface area contributed by atoms with Gasteiger partial charge in [-0.05, 0) is 49.4 Å². The number of piperidine rings is 1. The molecule has 1 unspecified atom stereocenters. The molecule has 0 saturated carbocycles. The monoisotopic (exact) mass is 334 g/mol. The Balaban J connectivity index is 1.99. The van der Waals surface area contributed by atoms with Crippen molar-refractivity contribution in [3.8, 4) is 0 Å². The van der Waals surface area contributed by atoms with E-state index < -0.39 is 10.0 Å². The van der Waals surface area contributed by atoms with E-state index in [-0.39, 0.29) is 22.9 Å². The van der Waals surface area contributed by atoms with Crippen LogP contribution in [0, 0.1) is 0 Å². The molecule has 8 heteroatoms. The van der Waals surface area contributed by atoms with Gasteiger partial charge in [-0.25, -0.2) is 13.1 Å². The molecule has 6 nitrogen and oxygen atoms in total. The van der Waals surface area contributed by atoms with Gasteiger partial charge in [0, 0.05) is 19.1 Å². The highest BCUT2D eigenvalue weighted by molar-refractivity contribution is 7.88. The molecule has 2 rings (SSSR count). The summed E-state index contributed by atoms with van der Waals surface area (Å²) in [5, 5.41) is 0.186. The standard InChI is InChI=1S/C13H19ClN2O4S/c1-21(18,19)15-8-7-10-4-2-3-9-16(10)13(17)11-5-6-12(14)20-11/h5-6,10,15H,2-4,7-9H2,1H3. The third-order valence-electron chi connectivity index (χ3n) is 3.51. The summed E-state index contributed by atoms with van der Waals surface area (Å²) in [6.45, 7) is 0.979. The molecule has 1 aliphatic rings. The van der Waals surface area contributed by atoms with Gasteiger partial charge in [-0.2, -0.15) is 0 Å². The van der Waals surface area contributed by atoms with Gasteiger partial charge >= 0.3 is 0 Å². The van der Waals surface area contributed by atoms with E-state index in [1.165, 1.54) is 0 Å². The highest BCUT2D eigenvalue weighted by atomic mass is 35.5. The molecule has 0 radical (unpaired) electrons. The summed E-state index contributed by atoms with van der Waals surface area (Å²) in [6.07, 6.45) is 4.56. The fourth-order valence-electron chi connectivity index (χ4n) is 2.55. The van der Waals surface area contributed by atoms with Crippen molar-refractivity contribution in [3.63, 3.8) is 0 Å². The Labute approximate surface area is 129 Å². The fraction of sp³-hybridized carbons (Fsp3) is 0.615. The van der Waals surface area contributed by atoms with E-state index in [4.69, 9.17) is 16.0 Å². The van der Waals surface area contributed by atoms with Crippen molar-refractivity contribution in [1.29, 1.82) is 0 Å². The maximum atomic E-state index is 12.4. The number of carbonyl (C=O) groups excluding carboxylic acids is 1. The van der Waals surface area contributed by atoms with E-state index in [0.717, 1.165) is 25.5 Å². The van der Waals surface area contributed by atoms with Crippen LogP contribution in [-0.4, -0.2) is 44.6 Å². The molecule has 0 aromatic carbocycles. The van der Waals surface area contributed by atoms with Crippen molar-refractivity contribution in [1.82, 2.24) is 9.62 Å². The first-order valence-corrected chi connectivity index (χ1v) is 9.15. The lowest BCUT2D eigenvalue weighted by molar-refractivity contribution is 0.0571. The molecule has 2 heterocycles. The summed E-state index contributed by atoms with van der Waals surface area (Å²) in [5.41, 5.74) is 0. The fourth-order valence-corrected chi connectivity index (χ4v) is 3.18. The van der Waals surface area contributed by atoms with Gasteiger partial charge in [0.05, 0.1) is 6.26 Å². The van der Waals surface area contributed by atoms with Gasteiger partial charge in [0.2, 0.25) is 10.0 Å². The zero-order valence-electron chi connectivity index (χ0n) is 11.8. The van der Waals surface area contributed by atoms with E-state index in [1.54, 1.807) is 17.0 Å². The quantitative estimate of drug-likeness (QED) is 0.891. The van der Waals surface area contributed by atoms with Crippen molar-refractivity contribution in [2.45, 2.75) is 31.7 Å². The average Bonchev–Trinajstić information content (AvgIpc) is 2.84. The molecule has 1 saturated heterocycles. The number of sulfonamides is 1. The number of halogens is 1. The van der Waals surface area contributed by atoms with Gasteiger partial charge in [0.1, 0.15) is 0 Å². The minimum Gasteiger partial charge on any atom is -0.440 e. The predicted octanol–water partition coefficient (Wildman–Crippen LogP) is 1.87. The first-order valence-electron chi connectivity index (χ1n) is 6.88. The summed E-state index contributed by atoms with van der Waals surface area (Å²) in [5.74, 6) is 0.0360. The molecule has 21 heavy (non-hydrogen) atoms. The SMILES string of the molecule is CS(=O)(=O)NCCC1CCCCN1C(=O)c1ccc(Cl)o1. The molecule has 1 amide bonds. The summed E-state index contributed by atoms with van der Waals surface area (Å²) in [4.78, 5) is 14.2. The number of rotatable bonds is 5. The Morgan fingerprint density at radius 3 is 2.86 bits per heavy atom. The van der Waals surface area contributed by atoms with Gasteiger partial charge < -0.3 is 9.32 Å². The van der Waals surface area contributed by atoms with Crippen LogP contribution in [0.5, 0.6) is 0 Å². The number of nitrogens with zero attached hydrogens (tertiary/aromatic N) is 1. The van der Waals surface area contributed by atoms with Crippen LogP contribution >= 0.6 is 11.6 Å². The normalized spacial score (nSPS) is 19.7. The maximum Gasteiger partial charge on any atom is 0.289 e. The van der Waals surface area contributed by atoms with Crippen LogP contribution in [0.15, 0.2) is 16.5 Å². The van der Waals surface area contributed by atoms with Crippen molar-refractivity contribution in [3.05, 3.63) is 23.1 Å². The summed E-state index contributed by atoms with van der Waals surface area (Å²) in [7, 11) is -3.20. The highest BCUT2D eigenvalue weighted by Crippen LogP contribution is 2.23. The lowest BCUT2D eigenvalue weighted by Gasteiger charge is -2.35. The zero-order chi connectivity index (χ0) is 15.5. The van der Waals surface area contributed by atoms with Crippen LogP contribution in [0.4, 0.5) is 0 Å². The second-order valence-corrected chi connectivity index (χ2v) is 7.41. The van der Waals surface area contributed by atoms with Gasteiger partial charge in [-0.1, -0.05) is 0 Å². The Bertz CT molecular complexity index is 599. The van der Waals surface area contributed by atoms with Gasteiger partial charge in [0.15, 0.2) is 11.0 Å². The highest BCUT2D eigenvalue weighted by Gasteiger charge is 2.29. The number of amides is 1.